The monoisotopic (exact) mass is 477 g/mol. The van der Waals surface area contributed by atoms with Crippen LogP contribution < -0.4 is 11.3 Å². The number of carbonyl (C=O) groups is 1. The number of hydrogen-bond acceptors (Lipinski definition) is 8. The minimum Gasteiger partial charge on any atom is -0.444 e. The molecule has 1 amide bonds. The lowest BCUT2D eigenvalue weighted by Gasteiger charge is -2.33. The minimum absolute atomic E-state index is 0.0526. The van der Waals surface area contributed by atoms with E-state index in [9.17, 15) is 9.59 Å². The summed E-state index contributed by atoms with van der Waals surface area (Å²) in [5.74, 6) is 0.682. The van der Waals surface area contributed by atoms with Crippen LogP contribution in [-0.4, -0.2) is 54.4 Å². The predicted molar refractivity (Wildman–Crippen MR) is 129 cm³/mol. The normalized spacial score (nSPS) is 15.0. The third-order valence-corrected chi connectivity index (χ3v) is 5.90. The number of aromatic amines is 1. The number of aromatic nitrogens is 5. The second-order valence-electron chi connectivity index (χ2n) is 9.67. The first kappa shape index (κ1) is 22.6. The van der Waals surface area contributed by atoms with Gasteiger partial charge in [-0.1, -0.05) is 17.3 Å². The Bertz CT molecular complexity index is 1440. The molecule has 0 spiro atoms. The van der Waals surface area contributed by atoms with Crippen molar-refractivity contribution in [2.75, 3.05) is 18.8 Å². The van der Waals surface area contributed by atoms with Crippen molar-refractivity contribution in [1.29, 1.82) is 0 Å². The van der Waals surface area contributed by atoms with Crippen molar-refractivity contribution in [1.82, 2.24) is 29.6 Å². The molecule has 0 saturated carbocycles. The van der Waals surface area contributed by atoms with E-state index in [1.807, 2.05) is 32.9 Å². The Kier molecular flexibility index (Phi) is 5.54. The van der Waals surface area contributed by atoms with Gasteiger partial charge in [-0.05, 0) is 45.7 Å². The Labute approximate surface area is 200 Å². The molecule has 0 radical (unpaired) electrons. The zero-order valence-electron chi connectivity index (χ0n) is 19.8. The number of nitrogens with one attached hydrogen (secondary N) is 1. The highest BCUT2D eigenvalue weighted by Gasteiger charge is 2.29. The summed E-state index contributed by atoms with van der Waals surface area (Å²) in [6, 6.07) is 8.75. The summed E-state index contributed by atoms with van der Waals surface area (Å²) in [6.45, 7) is 6.62. The molecule has 4 heterocycles. The van der Waals surface area contributed by atoms with Crippen LogP contribution in [0.5, 0.6) is 0 Å². The lowest BCUT2D eigenvalue weighted by Crippen LogP contribution is -2.41. The zero-order chi connectivity index (χ0) is 24.7. The lowest BCUT2D eigenvalue weighted by atomic mass is 9.93. The molecule has 0 unspecified atom stereocenters. The van der Waals surface area contributed by atoms with Crippen molar-refractivity contribution in [3.05, 3.63) is 52.6 Å². The number of likely N-dealkylation sites (tertiary alicyclic amines) is 1. The molecule has 1 fully saturated rings. The fourth-order valence-electron chi connectivity index (χ4n) is 4.27. The largest absolute Gasteiger partial charge is 0.444 e. The summed E-state index contributed by atoms with van der Waals surface area (Å²) in [5, 5.41) is 8.56. The summed E-state index contributed by atoms with van der Waals surface area (Å²) in [5.41, 5.74) is 8.16. The second-order valence-corrected chi connectivity index (χ2v) is 9.67. The van der Waals surface area contributed by atoms with Gasteiger partial charge in [0.1, 0.15) is 16.8 Å². The zero-order valence-corrected chi connectivity index (χ0v) is 19.8. The van der Waals surface area contributed by atoms with E-state index < -0.39 is 5.60 Å². The van der Waals surface area contributed by atoms with Gasteiger partial charge in [0.15, 0.2) is 0 Å². The van der Waals surface area contributed by atoms with Crippen molar-refractivity contribution in [2.24, 2.45) is 0 Å². The molecular formula is C24H27N7O4. The van der Waals surface area contributed by atoms with E-state index in [-0.39, 0.29) is 23.5 Å². The number of benzene rings is 1. The van der Waals surface area contributed by atoms with E-state index in [1.54, 1.807) is 33.8 Å². The maximum atomic E-state index is 12.6. The third kappa shape index (κ3) is 4.61. The van der Waals surface area contributed by atoms with Gasteiger partial charge in [0.2, 0.25) is 5.82 Å². The van der Waals surface area contributed by atoms with Gasteiger partial charge >= 0.3 is 6.09 Å². The number of H-pyrrole nitrogens is 1. The van der Waals surface area contributed by atoms with Crippen LogP contribution in [0.15, 0.2) is 45.8 Å². The van der Waals surface area contributed by atoms with Gasteiger partial charge in [-0.3, -0.25) is 4.79 Å². The molecule has 11 heteroatoms. The van der Waals surface area contributed by atoms with Gasteiger partial charge in [0, 0.05) is 36.3 Å². The maximum absolute atomic E-state index is 12.6. The molecular weight excluding hydrogens is 450 g/mol. The first-order valence-electron chi connectivity index (χ1n) is 11.5. The molecule has 0 aliphatic carbocycles. The van der Waals surface area contributed by atoms with Crippen LogP contribution in [0.2, 0.25) is 0 Å². The molecule has 1 aliphatic heterocycles. The summed E-state index contributed by atoms with van der Waals surface area (Å²) < 4.78 is 12.7. The van der Waals surface area contributed by atoms with Gasteiger partial charge in [0.25, 0.3) is 11.4 Å². The maximum Gasteiger partial charge on any atom is 0.410 e. The fourth-order valence-corrected chi connectivity index (χ4v) is 4.27. The van der Waals surface area contributed by atoms with Crippen LogP contribution in [0.1, 0.15) is 45.2 Å². The van der Waals surface area contributed by atoms with Gasteiger partial charge in [-0.15, -0.1) is 0 Å². The molecule has 35 heavy (non-hydrogen) atoms. The molecule has 4 aromatic rings. The number of nitrogen functional groups attached to an aromatic ring is 1. The first-order chi connectivity index (χ1) is 16.7. The topological polar surface area (TPSA) is 145 Å². The minimum atomic E-state index is -0.542. The van der Waals surface area contributed by atoms with Crippen molar-refractivity contribution < 1.29 is 14.1 Å². The molecule has 3 N–H and O–H groups in total. The number of amides is 1. The van der Waals surface area contributed by atoms with E-state index in [0.717, 1.165) is 11.3 Å². The van der Waals surface area contributed by atoms with Crippen LogP contribution in [0.3, 0.4) is 0 Å². The van der Waals surface area contributed by atoms with Crippen LogP contribution in [-0.2, 0) is 4.74 Å². The Morgan fingerprint density at radius 2 is 2.00 bits per heavy atom. The molecule has 0 bridgehead atoms. The second kappa shape index (κ2) is 8.57. The van der Waals surface area contributed by atoms with Crippen molar-refractivity contribution in [3.8, 4) is 22.8 Å². The van der Waals surface area contributed by atoms with Crippen LogP contribution in [0.25, 0.3) is 28.5 Å². The van der Waals surface area contributed by atoms with E-state index in [0.29, 0.717) is 48.7 Å². The quantitative estimate of drug-likeness (QED) is 0.427. The third-order valence-electron chi connectivity index (χ3n) is 5.90. The standard InChI is InChI=1S/C24H27N7O4/c1-24(2,3)34-23(33)30-9-7-14(8-10-30)18-12-19(32)27-21-17(13-26-31(18)21)22-28-20(29-35-22)15-5-4-6-16(25)11-15/h4-6,11-14H,7-10,25H2,1-3H3,(H,27,32). The van der Waals surface area contributed by atoms with E-state index in [2.05, 4.69) is 20.2 Å². The Hall–Kier alpha value is -4.15. The van der Waals surface area contributed by atoms with Crippen molar-refractivity contribution in [2.45, 2.75) is 45.1 Å². The Balaban J connectivity index is 1.41. The van der Waals surface area contributed by atoms with Crippen LogP contribution in [0.4, 0.5) is 10.5 Å². The number of ether oxygens (including phenoxy) is 1. The average molecular weight is 478 g/mol. The van der Waals surface area contributed by atoms with Gasteiger partial charge in [-0.2, -0.15) is 10.1 Å². The molecule has 3 aromatic heterocycles. The van der Waals surface area contributed by atoms with Crippen LogP contribution in [0, 0.1) is 0 Å². The number of hydrogen-bond donors (Lipinski definition) is 2. The fraction of sp³-hybridized carbons (Fsp3) is 0.375. The summed E-state index contributed by atoms with van der Waals surface area (Å²) >= 11 is 0. The summed E-state index contributed by atoms with van der Waals surface area (Å²) in [4.78, 5) is 34.0. The predicted octanol–water partition coefficient (Wildman–Crippen LogP) is 3.44. The van der Waals surface area contributed by atoms with Gasteiger partial charge in [-0.25, -0.2) is 9.31 Å². The van der Waals surface area contributed by atoms with Crippen LogP contribution >= 0.6 is 0 Å². The Morgan fingerprint density at radius 3 is 2.71 bits per heavy atom. The molecule has 1 aromatic carbocycles. The molecule has 0 atom stereocenters. The number of nitrogens with zero attached hydrogens (tertiary/aromatic N) is 5. The number of fused-ring (bicyclic) bond motifs is 1. The smallest absolute Gasteiger partial charge is 0.410 e. The van der Waals surface area contributed by atoms with E-state index >= 15 is 0 Å². The number of nitrogens with two attached hydrogens (primary N) is 1. The van der Waals surface area contributed by atoms with Crippen molar-refractivity contribution in [3.63, 3.8) is 0 Å². The Morgan fingerprint density at radius 1 is 1.23 bits per heavy atom. The van der Waals surface area contributed by atoms with Crippen molar-refractivity contribution >= 4 is 17.4 Å². The molecule has 182 valence electrons. The summed E-state index contributed by atoms with van der Waals surface area (Å²) in [7, 11) is 0. The average Bonchev–Trinajstić information content (AvgIpc) is 3.45. The highest BCUT2D eigenvalue weighted by Crippen LogP contribution is 2.31. The highest BCUT2D eigenvalue weighted by molar-refractivity contribution is 5.72. The van der Waals surface area contributed by atoms with Gasteiger partial charge < -0.3 is 24.9 Å². The van der Waals surface area contributed by atoms with E-state index in [4.69, 9.17) is 15.0 Å². The number of piperidine rings is 1. The lowest BCUT2D eigenvalue weighted by molar-refractivity contribution is 0.0203. The SMILES string of the molecule is CC(C)(C)OC(=O)N1CCC(c2cc(=O)[nH]c3c(-c4nc(-c5cccc(N)c5)no4)cnn23)CC1. The summed E-state index contributed by atoms with van der Waals surface area (Å²) in [6.07, 6.45) is 2.65. The number of rotatable bonds is 3. The molecule has 5 rings (SSSR count). The number of carbonyl (C=O) groups excluding carboxylic acids is 1. The van der Waals surface area contributed by atoms with Gasteiger partial charge in [0.05, 0.1) is 11.9 Å². The number of anilines is 1. The molecule has 1 saturated heterocycles. The molecule has 11 nitrogen and oxygen atoms in total. The van der Waals surface area contributed by atoms with E-state index in [1.165, 1.54) is 0 Å². The highest BCUT2D eigenvalue weighted by atomic mass is 16.6. The molecule has 1 aliphatic rings. The first-order valence-corrected chi connectivity index (χ1v) is 11.5.